The van der Waals surface area contributed by atoms with E-state index in [1.54, 1.807) is 4.90 Å². The van der Waals surface area contributed by atoms with E-state index in [9.17, 15) is 23.5 Å². The van der Waals surface area contributed by atoms with Gasteiger partial charge >= 0.3 is 5.97 Å². The number of fused-ring (bicyclic) bond motifs is 1. The van der Waals surface area contributed by atoms with Crippen molar-refractivity contribution in [3.05, 3.63) is 56.8 Å². The molecule has 0 unspecified atom stereocenters. The van der Waals surface area contributed by atoms with Crippen LogP contribution in [0.4, 0.5) is 20.3 Å². The van der Waals surface area contributed by atoms with Crippen LogP contribution in [-0.4, -0.2) is 39.8 Å². The number of hydrogen-bond donors (Lipinski definition) is 3. The molecule has 30 heavy (non-hydrogen) atoms. The van der Waals surface area contributed by atoms with E-state index in [-0.39, 0.29) is 39.3 Å². The Balaban J connectivity index is 2.07. The van der Waals surface area contributed by atoms with E-state index in [0.717, 1.165) is 22.9 Å². The lowest BCUT2D eigenvalue weighted by Crippen LogP contribution is -2.28. The van der Waals surface area contributed by atoms with Crippen LogP contribution in [0, 0.1) is 11.6 Å². The van der Waals surface area contributed by atoms with E-state index in [0.29, 0.717) is 19.5 Å². The van der Waals surface area contributed by atoms with Gasteiger partial charge in [-0.1, -0.05) is 11.6 Å². The molecule has 4 rings (SSSR count). The number of carboxylic acid groups (broad SMARTS) is 1. The number of carbonyl (C=O) groups is 1. The predicted octanol–water partition coefficient (Wildman–Crippen LogP) is 2.14. The SMILES string of the molecule is Nc1cc(-n2cc(C(=O)O)c(=O)c3cc(F)c(N4CC[C@H](N)C4)nc32)c(F)cc1Cl. The van der Waals surface area contributed by atoms with E-state index < -0.39 is 28.6 Å². The van der Waals surface area contributed by atoms with Crippen molar-refractivity contribution in [2.24, 2.45) is 5.73 Å². The fourth-order valence-corrected chi connectivity index (χ4v) is 3.64. The highest BCUT2D eigenvalue weighted by Gasteiger charge is 2.26. The average molecular weight is 436 g/mol. The Morgan fingerprint density at radius 2 is 2.00 bits per heavy atom. The van der Waals surface area contributed by atoms with Crippen molar-refractivity contribution in [2.45, 2.75) is 12.5 Å². The van der Waals surface area contributed by atoms with Crippen LogP contribution in [0.1, 0.15) is 16.8 Å². The van der Waals surface area contributed by atoms with Crippen LogP contribution < -0.4 is 21.8 Å². The second-order valence-corrected chi connectivity index (χ2v) is 7.44. The number of aromatic nitrogens is 2. The van der Waals surface area contributed by atoms with Crippen molar-refractivity contribution >= 4 is 40.1 Å². The Hall–Kier alpha value is -3.24. The van der Waals surface area contributed by atoms with E-state index in [4.69, 9.17) is 23.1 Å². The van der Waals surface area contributed by atoms with Gasteiger partial charge in [0.1, 0.15) is 11.4 Å². The van der Waals surface area contributed by atoms with E-state index in [1.165, 1.54) is 6.07 Å². The Bertz CT molecular complexity index is 1260. The highest BCUT2D eigenvalue weighted by atomic mass is 35.5. The summed E-state index contributed by atoms with van der Waals surface area (Å²) in [4.78, 5) is 30.0. The third kappa shape index (κ3) is 3.23. The molecule has 0 radical (unpaired) electrons. The number of nitrogens with two attached hydrogens (primary N) is 2. The van der Waals surface area contributed by atoms with E-state index in [2.05, 4.69) is 4.98 Å². The second-order valence-electron chi connectivity index (χ2n) is 7.03. The van der Waals surface area contributed by atoms with Gasteiger partial charge in [0.25, 0.3) is 0 Å². The maximum Gasteiger partial charge on any atom is 0.341 e. The maximum atomic E-state index is 14.8. The van der Waals surface area contributed by atoms with Gasteiger partial charge in [-0.25, -0.2) is 18.6 Å². The molecule has 2 aromatic heterocycles. The smallest absolute Gasteiger partial charge is 0.341 e. The molecule has 156 valence electrons. The zero-order chi connectivity index (χ0) is 21.7. The Labute approximate surface area is 173 Å². The summed E-state index contributed by atoms with van der Waals surface area (Å²) >= 11 is 5.84. The Morgan fingerprint density at radius 3 is 2.63 bits per heavy atom. The van der Waals surface area contributed by atoms with Gasteiger partial charge in [0, 0.05) is 25.3 Å². The molecule has 1 aliphatic heterocycles. The summed E-state index contributed by atoms with van der Waals surface area (Å²) in [7, 11) is 0. The molecule has 0 spiro atoms. The summed E-state index contributed by atoms with van der Waals surface area (Å²) in [5, 5.41) is 9.05. The van der Waals surface area contributed by atoms with Gasteiger partial charge in [-0.3, -0.25) is 9.36 Å². The first-order valence-corrected chi connectivity index (χ1v) is 9.29. The molecule has 1 fully saturated rings. The second kappa shape index (κ2) is 7.22. The minimum absolute atomic E-state index is 0.0321. The van der Waals surface area contributed by atoms with Gasteiger partial charge in [0.05, 0.1) is 21.8 Å². The van der Waals surface area contributed by atoms with Crippen molar-refractivity contribution in [1.29, 1.82) is 0 Å². The molecule has 0 amide bonds. The molecular weight excluding hydrogens is 420 g/mol. The lowest BCUT2D eigenvalue weighted by atomic mass is 10.1. The van der Waals surface area contributed by atoms with Crippen molar-refractivity contribution in [3.8, 4) is 5.69 Å². The van der Waals surface area contributed by atoms with Crippen molar-refractivity contribution in [1.82, 2.24) is 9.55 Å². The number of pyridine rings is 2. The number of rotatable bonds is 3. The molecular formula is C19H16ClF2N5O3. The number of nitrogens with zero attached hydrogens (tertiary/aromatic N) is 3. The van der Waals surface area contributed by atoms with Gasteiger partial charge < -0.3 is 21.5 Å². The van der Waals surface area contributed by atoms with Crippen LogP contribution in [0.15, 0.2) is 29.2 Å². The van der Waals surface area contributed by atoms with Crippen LogP contribution in [-0.2, 0) is 0 Å². The topological polar surface area (TPSA) is 127 Å². The molecule has 1 atom stereocenters. The third-order valence-electron chi connectivity index (χ3n) is 4.99. The van der Waals surface area contributed by atoms with Crippen LogP contribution in [0.5, 0.6) is 0 Å². The first kappa shape index (κ1) is 20.0. The zero-order valence-corrected chi connectivity index (χ0v) is 16.2. The van der Waals surface area contributed by atoms with Gasteiger partial charge in [-0.2, -0.15) is 0 Å². The fourth-order valence-electron chi connectivity index (χ4n) is 3.49. The third-order valence-corrected chi connectivity index (χ3v) is 5.32. The predicted molar refractivity (Wildman–Crippen MR) is 108 cm³/mol. The van der Waals surface area contributed by atoms with Gasteiger partial charge in [-0.05, 0) is 24.6 Å². The Kier molecular flexibility index (Phi) is 4.83. The molecule has 1 saturated heterocycles. The van der Waals surface area contributed by atoms with Gasteiger partial charge in [0.15, 0.2) is 17.3 Å². The molecule has 5 N–H and O–H groups in total. The number of benzene rings is 1. The standard InChI is InChI=1S/C19H16ClF2N5O3/c20-11-4-12(21)15(5-14(11)24)27-7-10(19(29)30)16(28)9-3-13(22)18(25-17(9)27)26-2-1-8(23)6-26/h3-5,7-8H,1-2,6,23-24H2,(H,29,30)/t8-/m0/s1. The van der Waals surface area contributed by atoms with Crippen LogP contribution in [0.2, 0.25) is 5.02 Å². The van der Waals surface area contributed by atoms with Crippen LogP contribution in [0.3, 0.4) is 0 Å². The summed E-state index contributed by atoms with van der Waals surface area (Å²) in [5.41, 5.74) is 9.77. The lowest BCUT2D eigenvalue weighted by molar-refractivity contribution is 0.0695. The molecule has 3 heterocycles. The number of anilines is 2. The highest BCUT2D eigenvalue weighted by Crippen LogP contribution is 2.29. The molecule has 0 aliphatic carbocycles. The first-order valence-electron chi connectivity index (χ1n) is 8.92. The fraction of sp³-hybridized carbons (Fsp3) is 0.211. The quantitative estimate of drug-likeness (QED) is 0.538. The van der Waals surface area contributed by atoms with Crippen LogP contribution in [0.25, 0.3) is 16.7 Å². The molecule has 1 aliphatic rings. The van der Waals surface area contributed by atoms with Crippen molar-refractivity contribution < 1.29 is 18.7 Å². The minimum atomic E-state index is -1.55. The number of nitrogen functional groups attached to an aromatic ring is 1. The normalized spacial score (nSPS) is 16.4. The molecule has 11 heteroatoms. The minimum Gasteiger partial charge on any atom is -0.477 e. The maximum absolute atomic E-state index is 14.8. The van der Waals surface area contributed by atoms with Crippen molar-refractivity contribution in [2.75, 3.05) is 23.7 Å². The number of hydrogen-bond acceptors (Lipinski definition) is 6. The molecule has 1 aromatic carbocycles. The summed E-state index contributed by atoms with van der Waals surface area (Å²) in [6.07, 6.45) is 1.56. The Morgan fingerprint density at radius 1 is 1.27 bits per heavy atom. The molecule has 0 saturated carbocycles. The van der Waals surface area contributed by atoms with Gasteiger partial charge in [0.2, 0.25) is 5.43 Å². The largest absolute Gasteiger partial charge is 0.477 e. The number of halogens is 3. The zero-order valence-electron chi connectivity index (χ0n) is 15.4. The average Bonchev–Trinajstić information content (AvgIpc) is 3.11. The van der Waals surface area contributed by atoms with Crippen LogP contribution >= 0.6 is 11.6 Å². The summed E-state index contributed by atoms with van der Waals surface area (Å²) in [6, 6.07) is 2.89. The molecule has 0 bridgehead atoms. The van der Waals surface area contributed by atoms with Gasteiger partial charge in [-0.15, -0.1) is 0 Å². The van der Waals surface area contributed by atoms with Crippen molar-refractivity contribution in [3.63, 3.8) is 0 Å². The van der Waals surface area contributed by atoms with E-state index in [1.807, 2.05) is 0 Å². The summed E-state index contributed by atoms with van der Waals surface area (Å²) in [6.45, 7) is 0.811. The number of aromatic carboxylic acids is 1. The summed E-state index contributed by atoms with van der Waals surface area (Å²) in [5.74, 6) is -3.24. The first-order chi connectivity index (χ1) is 14.2. The van der Waals surface area contributed by atoms with E-state index >= 15 is 0 Å². The monoisotopic (exact) mass is 435 g/mol. The molecule has 3 aromatic rings. The summed E-state index contributed by atoms with van der Waals surface area (Å²) < 4.78 is 30.5. The number of carboxylic acids is 1. The highest BCUT2D eigenvalue weighted by molar-refractivity contribution is 6.33. The lowest BCUT2D eigenvalue weighted by Gasteiger charge is -2.20. The molecule has 8 nitrogen and oxygen atoms in total.